The van der Waals surface area contributed by atoms with Crippen LogP contribution in [0.3, 0.4) is 0 Å². The van der Waals surface area contributed by atoms with Crippen LogP contribution < -0.4 is 4.90 Å². The fourth-order valence-corrected chi connectivity index (χ4v) is 3.43. The smallest absolute Gasteiger partial charge is 0.236 e. The summed E-state index contributed by atoms with van der Waals surface area (Å²) in [6.07, 6.45) is 0. The number of amides is 1. The summed E-state index contributed by atoms with van der Waals surface area (Å²) in [5, 5.41) is 9.39. The Morgan fingerprint density at radius 2 is 1.65 bits per heavy atom. The highest BCUT2D eigenvalue weighted by Crippen LogP contribution is 2.20. The van der Waals surface area contributed by atoms with Gasteiger partial charge in [0.2, 0.25) is 5.91 Å². The van der Waals surface area contributed by atoms with Gasteiger partial charge in [0.15, 0.2) is 0 Å². The lowest BCUT2D eigenvalue weighted by molar-refractivity contribution is -0.132. The van der Waals surface area contributed by atoms with E-state index in [2.05, 4.69) is 37.9 Å². The van der Waals surface area contributed by atoms with E-state index < -0.39 is 0 Å². The van der Waals surface area contributed by atoms with Crippen molar-refractivity contribution in [1.29, 1.82) is 0 Å². The average Bonchev–Trinajstić information content (AvgIpc) is 2.64. The third-order valence-corrected chi connectivity index (χ3v) is 5.15. The summed E-state index contributed by atoms with van der Waals surface area (Å²) in [5.41, 5.74) is 2.28. The Morgan fingerprint density at radius 3 is 2.27 bits per heavy atom. The van der Waals surface area contributed by atoms with Crippen LogP contribution in [0.25, 0.3) is 0 Å². The molecule has 2 aromatic carbocycles. The molecule has 1 heterocycles. The van der Waals surface area contributed by atoms with Gasteiger partial charge in [-0.1, -0.05) is 28.1 Å². The van der Waals surface area contributed by atoms with Crippen LogP contribution in [0.15, 0.2) is 53.0 Å². The van der Waals surface area contributed by atoms with Crippen molar-refractivity contribution in [1.82, 2.24) is 9.80 Å². The van der Waals surface area contributed by atoms with E-state index in [0.717, 1.165) is 42.9 Å². The van der Waals surface area contributed by atoms with Crippen LogP contribution in [0.2, 0.25) is 0 Å². The minimum Gasteiger partial charge on any atom is -0.508 e. The number of nitrogens with zero attached hydrogens (tertiary/aromatic N) is 3. The van der Waals surface area contributed by atoms with Gasteiger partial charge in [0, 0.05) is 42.9 Å². The largest absolute Gasteiger partial charge is 0.508 e. The minimum absolute atomic E-state index is 0.176. The Kier molecular flexibility index (Phi) is 6.16. The van der Waals surface area contributed by atoms with Crippen molar-refractivity contribution < 1.29 is 9.90 Å². The number of halogens is 1. The summed E-state index contributed by atoms with van der Waals surface area (Å²) in [7, 11) is 1.98. The van der Waals surface area contributed by atoms with Crippen molar-refractivity contribution >= 4 is 27.5 Å². The van der Waals surface area contributed by atoms with E-state index in [0.29, 0.717) is 6.54 Å². The lowest BCUT2D eigenvalue weighted by Crippen LogP contribution is -2.51. The molecule has 138 valence electrons. The van der Waals surface area contributed by atoms with Crippen LogP contribution >= 0.6 is 15.9 Å². The molecule has 1 fully saturated rings. The molecule has 26 heavy (non-hydrogen) atoms. The van der Waals surface area contributed by atoms with Gasteiger partial charge in [-0.3, -0.25) is 9.69 Å². The number of likely N-dealkylation sites (N-methyl/N-ethyl adjacent to an activating group) is 1. The normalized spacial score (nSPS) is 14.7. The van der Waals surface area contributed by atoms with Gasteiger partial charge in [-0.2, -0.15) is 0 Å². The molecule has 0 aromatic heterocycles. The summed E-state index contributed by atoms with van der Waals surface area (Å²) >= 11 is 3.44. The Bertz CT molecular complexity index is 726. The van der Waals surface area contributed by atoms with E-state index in [1.54, 1.807) is 12.1 Å². The highest BCUT2D eigenvalue weighted by Gasteiger charge is 2.22. The molecule has 0 aliphatic carbocycles. The molecule has 3 rings (SSSR count). The molecule has 5 nitrogen and oxygen atoms in total. The molecule has 0 unspecified atom stereocenters. The van der Waals surface area contributed by atoms with Crippen molar-refractivity contribution in [2.45, 2.75) is 6.54 Å². The monoisotopic (exact) mass is 417 g/mol. The molecule has 0 atom stereocenters. The zero-order valence-corrected chi connectivity index (χ0v) is 16.5. The maximum atomic E-state index is 12.6. The highest BCUT2D eigenvalue weighted by atomic mass is 79.9. The Labute approximate surface area is 163 Å². The molecule has 0 saturated carbocycles. The number of hydrogen-bond donors (Lipinski definition) is 1. The first kappa shape index (κ1) is 18.7. The number of phenolic OH excluding ortho intramolecular Hbond substituents is 1. The predicted octanol–water partition coefficient (Wildman–Crippen LogP) is 2.94. The third kappa shape index (κ3) is 4.99. The Morgan fingerprint density at radius 1 is 1.04 bits per heavy atom. The number of hydrogen-bond acceptors (Lipinski definition) is 4. The zero-order chi connectivity index (χ0) is 18.5. The molecule has 6 heteroatoms. The van der Waals surface area contributed by atoms with Crippen LogP contribution in [-0.2, 0) is 11.3 Å². The molecule has 2 aromatic rings. The highest BCUT2D eigenvalue weighted by molar-refractivity contribution is 9.10. The lowest BCUT2D eigenvalue weighted by Gasteiger charge is -2.36. The lowest BCUT2D eigenvalue weighted by atomic mass is 10.2. The summed E-state index contributed by atoms with van der Waals surface area (Å²) in [6.45, 7) is 4.26. The van der Waals surface area contributed by atoms with Crippen LogP contribution in [0.1, 0.15) is 5.56 Å². The van der Waals surface area contributed by atoms with Crippen molar-refractivity contribution in [3.63, 3.8) is 0 Å². The van der Waals surface area contributed by atoms with Crippen LogP contribution in [0.5, 0.6) is 5.75 Å². The van der Waals surface area contributed by atoms with Crippen molar-refractivity contribution in [2.75, 3.05) is 44.7 Å². The van der Waals surface area contributed by atoms with E-state index in [1.807, 2.05) is 36.2 Å². The fraction of sp³-hybridized carbons (Fsp3) is 0.350. The summed E-state index contributed by atoms with van der Waals surface area (Å²) in [6, 6.07) is 15.4. The van der Waals surface area contributed by atoms with E-state index in [1.165, 1.54) is 5.56 Å². The van der Waals surface area contributed by atoms with Crippen molar-refractivity contribution in [3.8, 4) is 5.75 Å². The van der Waals surface area contributed by atoms with Crippen molar-refractivity contribution in [2.24, 2.45) is 0 Å². The van der Waals surface area contributed by atoms with Gasteiger partial charge >= 0.3 is 0 Å². The maximum absolute atomic E-state index is 12.6. The van der Waals surface area contributed by atoms with Gasteiger partial charge in [0.05, 0.1) is 6.54 Å². The molecular weight excluding hydrogens is 394 g/mol. The molecule has 1 amide bonds. The van der Waals surface area contributed by atoms with E-state index in [9.17, 15) is 9.90 Å². The summed E-state index contributed by atoms with van der Waals surface area (Å²) in [5.74, 6) is 0.450. The Hall–Kier alpha value is -2.05. The second-order valence-electron chi connectivity index (χ2n) is 6.68. The van der Waals surface area contributed by atoms with Gasteiger partial charge < -0.3 is 14.9 Å². The minimum atomic E-state index is 0.176. The maximum Gasteiger partial charge on any atom is 0.236 e. The second kappa shape index (κ2) is 8.56. The first-order valence-electron chi connectivity index (χ1n) is 8.76. The predicted molar refractivity (Wildman–Crippen MR) is 107 cm³/mol. The number of benzene rings is 2. The number of aromatic hydroxyl groups is 1. The van der Waals surface area contributed by atoms with Crippen LogP contribution in [-0.4, -0.2) is 60.6 Å². The molecular formula is C20H24BrN3O2. The standard InChI is InChI=1S/C20H24BrN3O2/c1-22(14-16-2-4-17(21)5-3-16)15-20(26)24-12-10-23(11-13-24)18-6-8-19(25)9-7-18/h2-9,25H,10-15H2,1H3. The van der Waals surface area contributed by atoms with E-state index >= 15 is 0 Å². The molecule has 1 aliphatic rings. The summed E-state index contributed by atoms with van der Waals surface area (Å²) in [4.78, 5) is 18.8. The van der Waals surface area contributed by atoms with Crippen molar-refractivity contribution in [3.05, 3.63) is 58.6 Å². The molecule has 0 radical (unpaired) electrons. The number of anilines is 1. The Balaban J connectivity index is 1.47. The van der Waals surface area contributed by atoms with E-state index in [-0.39, 0.29) is 11.7 Å². The number of rotatable bonds is 5. The molecule has 0 bridgehead atoms. The zero-order valence-electron chi connectivity index (χ0n) is 14.9. The summed E-state index contributed by atoms with van der Waals surface area (Å²) < 4.78 is 1.06. The third-order valence-electron chi connectivity index (χ3n) is 4.62. The molecule has 1 saturated heterocycles. The second-order valence-corrected chi connectivity index (χ2v) is 7.60. The number of carbonyl (C=O) groups is 1. The fourth-order valence-electron chi connectivity index (χ4n) is 3.17. The van der Waals surface area contributed by atoms with Crippen LogP contribution in [0.4, 0.5) is 5.69 Å². The number of phenols is 1. The van der Waals surface area contributed by atoms with Crippen LogP contribution in [0, 0.1) is 0 Å². The van der Waals surface area contributed by atoms with Gasteiger partial charge in [0.1, 0.15) is 5.75 Å². The van der Waals surface area contributed by atoms with Gasteiger partial charge in [0.25, 0.3) is 0 Å². The average molecular weight is 418 g/mol. The number of carbonyl (C=O) groups excluding carboxylic acids is 1. The van der Waals surface area contributed by atoms with Gasteiger partial charge in [-0.15, -0.1) is 0 Å². The van der Waals surface area contributed by atoms with Gasteiger partial charge in [-0.25, -0.2) is 0 Å². The van der Waals surface area contributed by atoms with E-state index in [4.69, 9.17) is 0 Å². The quantitative estimate of drug-likeness (QED) is 0.812. The molecule has 1 N–H and O–H groups in total. The SMILES string of the molecule is CN(CC(=O)N1CCN(c2ccc(O)cc2)CC1)Cc1ccc(Br)cc1. The van der Waals surface area contributed by atoms with Gasteiger partial charge in [-0.05, 0) is 49.0 Å². The number of piperazine rings is 1. The first-order valence-corrected chi connectivity index (χ1v) is 9.55. The molecule has 0 spiro atoms. The first-order chi connectivity index (χ1) is 12.5. The molecule has 1 aliphatic heterocycles. The topological polar surface area (TPSA) is 47.0 Å².